The first kappa shape index (κ1) is 14.5. The average molecular weight is 263 g/mol. The molecule has 1 aromatic rings. The number of benzene rings is 1. The minimum Gasteiger partial charge on any atom is -0.349 e. The van der Waals surface area contributed by atoms with Gasteiger partial charge in [-0.1, -0.05) is 30.3 Å². The van der Waals surface area contributed by atoms with Crippen LogP contribution in [-0.2, 0) is 9.47 Å². The van der Waals surface area contributed by atoms with Gasteiger partial charge in [-0.25, -0.2) is 0 Å². The van der Waals surface area contributed by atoms with Gasteiger partial charge < -0.3 is 14.8 Å². The lowest BCUT2D eigenvalue weighted by Crippen LogP contribution is -2.55. The highest BCUT2D eigenvalue weighted by atomic mass is 16.7. The second-order valence-corrected chi connectivity index (χ2v) is 6.66. The molecule has 0 amide bonds. The van der Waals surface area contributed by atoms with Crippen molar-refractivity contribution in [1.82, 2.24) is 5.32 Å². The minimum absolute atomic E-state index is 0.0178. The van der Waals surface area contributed by atoms with Crippen molar-refractivity contribution in [3.8, 4) is 0 Å². The van der Waals surface area contributed by atoms with Crippen LogP contribution in [0.1, 0.15) is 46.3 Å². The molecule has 2 atom stereocenters. The Morgan fingerprint density at radius 3 is 2.37 bits per heavy atom. The van der Waals surface area contributed by atoms with Crippen molar-refractivity contribution in [1.29, 1.82) is 0 Å². The summed E-state index contributed by atoms with van der Waals surface area (Å²) in [5, 5.41) is 3.59. The van der Waals surface area contributed by atoms with Crippen LogP contribution in [-0.4, -0.2) is 24.0 Å². The zero-order valence-corrected chi connectivity index (χ0v) is 12.6. The largest absolute Gasteiger partial charge is 0.349 e. The van der Waals surface area contributed by atoms with E-state index in [4.69, 9.17) is 9.47 Å². The molecule has 1 N–H and O–H groups in total. The fourth-order valence-corrected chi connectivity index (χ4v) is 2.42. The fourth-order valence-electron chi connectivity index (χ4n) is 2.42. The number of rotatable bonds is 2. The first-order chi connectivity index (χ1) is 8.77. The van der Waals surface area contributed by atoms with Gasteiger partial charge in [-0.15, -0.1) is 0 Å². The molecule has 1 aromatic carbocycles. The topological polar surface area (TPSA) is 30.5 Å². The summed E-state index contributed by atoms with van der Waals surface area (Å²) < 4.78 is 11.9. The number of nitrogens with one attached hydrogen (secondary N) is 1. The van der Waals surface area contributed by atoms with E-state index in [-0.39, 0.29) is 17.7 Å². The molecule has 0 spiro atoms. The zero-order valence-electron chi connectivity index (χ0n) is 12.6. The van der Waals surface area contributed by atoms with Gasteiger partial charge in [0.2, 0.25) is 0 Å². The highest BCUT2D eigenvalue weighted by Crippen LogP contribution is 2.33. The molecule has 0 saturated carbocycles. The van der Waals surface area contributed by atoms with E-state index in [1.54, 1.807) is 0 Å². The number of hydrogen-bond acceptors (Lipinski definition) is 3. The Labute approximate surface area is 116 Å². The summed E-state index contributed by atoms with van der Waals surface area (Å²) in [4.78, 5) is 0. The predicted octanol–water partition coefficient (Wildman–Crippen LogP) is 3.27. The smallest absolute Gasteiger partial charge is 0.163 e. The Hall–Kier alpha value is -0.900. The maximum Gasteiger partial charge on any atom is 0.163 e. The first-order valence-corrected chi connectivity index (χ1v) is 6.91. The van der Waals surface area contributed by atoms with Gasteiger partial charge in [0.15, 0.2) is 5.79 Å². The van der Waals surface area contributed by atoms with Crippen LogP contribution in [0.3, 0.4) is 0 Å². The third kappa shape index (κ3) is 4.03. The van der Waals surface area contributed by atoms with Gasteiger partial charge in [0, 0.05) is 5.54 Å². The zero-order chi connectivity index (χ0) is 14.1. The Bertz CT molecular complexity index is 409. The molecular weight excluding hydrogens is 238 g/mol. The normalized spacial score (nSPS) is 27.2. The standard InChI is InChI=1S/C16H25NO2/c1-15(2,3)17-13-11-18-16(4,5)19-14(13)12-9-7-6-8-10-12/h6-10,13-14,17H,11H2,1-5H3/t13-,14-/m0/s1. The van der Waals surface area contributed by atoms with Gasteiger partial charge in [0.25, 0.3) is 0 Å². The summed E-state index contributed by atoms with van der Waals surface area (Å²) in [5.41, 5.74) is 1.23. The van der Waals surface area contributed by atoms with Crippen LogP contribution in [0.4, 0.5) is 0 Å². The molecule has 1 saturated heterocycles. The molecule has 1 aliphatic rings. The maximum absolute atomic E-state index is 6.13. The Kier molecular flexibility index (Phi) is 4.00. The third-order valence-electron chi connectivity index (χ3n) is 3.13. The summed E-state index contributed by atoms with van der Waals surface area (Å²) in [6, 6.07) is 10.5. The van der Waals surface area contributed by atoms with E-state index in [2.05, 4.69) is 50.4 Å². The second kappa shape index (κ2) is 5.23. The van der Waals surface area contributed by atoms with Crippen LogP contribution >= 0.6 is 0 Å². The SMILES string of the molecule is CC(C)(C)N[C@H]1COC(C)(C)O[C@H]1c1ccccc1. The van der Waals surface area contributed by atoms with Crippen molar-refractivity contribution in [2.45, 2.75) is 58.1 Å². The van der Waals surface area contributed by atoms with Crippen LogP contribution < -0.4 is 5.32 Å². The van der Waals surface area contributed by atoms with E-state index in [1.807, 2.05) is 19.9 Å². The summed E-state index contributed by atoms with van der Waals surface area (Å²) >= 11 is 0. The third-order valence-corrected chi connectivity index (χ3v) is 3.13. The Morgan fingerprint density at radius 2 is 1.79 bits per heavy atom. The molecule has 0 aromatic heterocycles. The van der Waals surface area contributed by atoms with Crippen molar-refractivity contribution < 1.29 is 9.47 Å². The second-order valence-electron chi connectivity index (χ2n) is 6.66. The quantitative estimate of drug-likeness (QED) is 0.888. The van der Waals surface area contributed by atoms with Crippen molar-refractivity contribution in [3.63, 3.8) is 0 Å². The first-order valence-electron chi connectivity index (χ1n) is 6.91. The van der Waals surface area contributed by atoms with Crippen LogP contribution in [0, 0.1) is 0 Å². The van der Waals surface area contributed by atoms with Crippen molar-refractivity contribution in [2.75, 3.05) is 6.61 Å². The van der Waals surface area contributed by atoms with Gasteiger partial charge in [0.05, 0.1) is 12.6 Å². The molecule has 0 radical (unpaired) electrons. The Morgan fingerprint density at radius 1 is 1.16 bits per heavy atom. The summed E-state index contributed by atoms with van der Waals surface area (Å²) in [7, 11) is 0. The van der Waals surface area contributed by atoms with Gasteiger partial charge in [-0.3, -0.25) is 0 Å². The monoisotopic (exact) mass is 263 g/mol. The van der Waals surface area contributed by atoms with Crippen molar-refractivity contribution in [2.24, 2.45) is 0 Å². The minimum atomic E-state index is -0.531. The van der Waals surface area contributed by atoms with E-state index in [9.17, 15) is 0 Å². The molecule has 1 fully saturated rings. The fraction of sp³-hybridized carbons (Fsp3) is 0.625. The van der Waals surface area contributed by atoms with Gasteiger partial charge in [0.1, 0.15) is 6.10 Å². The van der Waals surface area contributed by atoms with E-state index in [0.29, 0.717) is 6.61 Å². The molecule has 0 bridgehead atoms. The highest BCUT2D eigenvalue weighted by molar-refractivity contribution is 5.20. The van der Waals surface area contributed by atoms with Crippen LogP contribution in [0.15, 0.2) is 30.3 Å². The predicted molar refractivity (Wildman–Crippen MR) is 77.0 cm³/mol. The molecule has 1 aliphatic heterocycles. The van der Waals surface area contributed by atoms with Crippen LogP contribution in [0.25, 0.3) is 0 Å². The van der Waals surface area contributed by atoms with Crippen LogP contribution in [0.5, 0.6) is 0 Å². The summed E-state index contributed by atoms with van der Waals surface area (Å²) in [6.45, 7) is 11.1. The molecule has 2 rings (SSSR count). The van der Waals surface area contributed by atoms with E-state index < -0.39 is 5.79 Å². The molecule has 0 aliphatic carbocycles. The molecule has 3 nitrogen and oxygen atoms in total. The molecule has 1 heterocycles. The van der Waals surface area contributed by atoms with Crippen molar-refractivity contribution in [3.05, 3.63) is 35.9 Å². The Balaban J connectivity index is 2.22. The lowest BCUT2D eigenvalue weighted by molar-refractivity contribution is -0.286. The molecule has 106 valence electrons. The van der Waals surface area contributed by atoms with Gasteiger partial charge in [-0.05, 0) is 40.2 Å². The number of hydrogen-bond donors (Lipinski definition) is 1. The van der Waals surface area contributed by atoms with Gasteiger partial charge in [-0.2, -0.15) is 0 Å². The van der Waals surface area contributed by atoms with E-state index in [0.717, 1.165) is 0 Å². The summed E-state index contributed by atoms with van der Waals surface area (Å²) in [6.07, 6.45) is 0.0178. The lowest BCUT2D eigenvalue weighted by atomic mass is 9.97. The molecular formula is C16H25NO2. The van der Waals surface area contributed by atoms with E-state index in [1.165, 1.54) is 5.56 Å². The maximum atomic E-state index is 6.13. The number of ether oxygens (including phenoxy) is 2. The van der Waals surface area contributed by atoms with Crippen molar-refractivity contribution >= 4 is 0 Å². The molecule has 3 heteroatoms. The van der Waals surface area contributed by atoms with Crippen LogP contribution in [0.2, 0.25) is 0 Å². The highest BCUT2D eigenvalue weighted by Gasteiger charge is 2.38. The molecule has 0 unspecified atom stereocenters. The lowest BCUT2D eigenvalue weighted by Gasteiger charge is -2.43. The summed E-state index contributed by atoms with van der Waals surface area (Å²) in [5.74, 6) is -0.531. The van der Waals surface area contributed by atoms with Gasteiger partial charge >= 0.3 is 0 Å². The molecule has 19 heavy (non-hydrogen) atoms. The van der Waals surface area contributed by atoms with E-state index >= 15 is 0 Å². The average Bonchev–Trinajstić information content (AvgIpc) is 2.31.